The Morgan fingerprint density at radius 3 is 2.24 bits per heavy atom. The van der Waals surface area contributed by atoms with E-state index in [4.69, 9.17) is 28.3 Å². The number of hydrogen-bond donors (Lipinski definition) is 2. The second-order valence-electron chi connectivity index (χ2n) is 4.40. The van der Waals surface area contributed by atoms with Crippen LogP contribution in [-0.2, 0) is 16.0 Å². The molecular weight excluding hydrogens is 334 g/mol. The van der Waals surface area contributed by atoms with Gasteiger partial charge in [-0.1, -0.05) is 29.3 Å². The summed E-state index contributed by atoms with van der Waals surface area (Å²) in [6.07, 6.45) is -5.60. The van der Waals surface area contributed by atoms with Gasteiger partial charge < -0.3 is 10.4 Å². The number of aliphatic carboxylic acids is 1. The van der Waals surface area contributed by atoms with Crippen LogP contribution in [0.25, 0.3) is 0 Å². The van der Waals surface area contributed by atoms with E-state index in [9.17, 15) is 22.8 Å². The van der Waals surface area contributed by atoms with Crippen LogP contribution in [0.15, 0.2) is 18.2 Å². The van der Waals surface area contributed by atoms with Crippen molar-refractivity contribution in [1.82, 2.24) is 5.32 Å². The van der Waals surface area contributed by atoms with Crippen molar-refractivity contribution in [3.63, 3.8) is 0 Å². The molecule has 0 aliphatic rings. The average Bonchev–Trinajstić information content (AvgIpc) is 2.32. The third-order valence-electron chi connectivity index (χ3n) is 2.73. The van der Waals surface area contributed by atoms with Crippen LogP contribution < -0.4 is 5.32 Å². The minimum Gasteiger partial charge on any atom is -0.479 e. The van der Waals surface area contributed by atoms with Gasteiger partial charge in [0.25, 0.3) is 0 Å². The van der Waals surface area contributed by atoms with Crippen molar-refractivity contribution in [2.75, 3.05) is 0 Å². The van der Waals surface area contributed by atoms with Gasteiger partial charge in [-0.15, -0.1) is 0 Å². The quantitative estimate of drug-likeness (QED) is 0.882. The van der Waals surface area contributed by atoms with Gasteiger partial charge in [-0.05, 0) is 24.6 Å². The van der Waals surface area contributed by atoms with Crippen LogP contribution in [0.5, 0.6) is 0 Å². The number of halogens is 5. The van der Waals surface area contributed by atoms with Gasteiger partial charge in [0.05, 0.1) is 16.5 Å². The van der Waals surface area contributed by atoms with E-state index in [1.165, 1.54) is 23.5 Å². The summed E-state index contributed by atoms with van der Waals surface area (Å²) < 4.78 is 38.2. The first-order valence-electron chi connectivity index (χ1n) is 5.52. The van der Waals surface area contributed by atoms with E-state index < -0.39 is 30.0 Å². The maximum atomic E-state index is 12.7. The predicted octanol–water partition coefficient (Wildman–Crippen LogP) is 3.06. The van der Waals surface area contributed by atoms with E-state index in [0.717, 1.165) is 0 Å². The van der Waals surface area contributed by atoms with Gasteiger partial charge in [0.2, 0.25) is 11.4 Å². The van der Waals surface area contributed by atoms with Crippen LogP contribution in [0.4, 0.5) is 13.2 Å². The number of carboxylic acids is 1. The Labute approximate surface area is 127 Å². The SMILES string of the molecule is CC(NC(=O)Cc1ccc(Cl)c(Cl)c1)(C(=O)O)C(F)(F)F. The fourth-order valence-corrected chi connectivity index (χ4v) is 1.72. The van der Waals surface area contributed by atoms with E-state index in [-0.39, 0.29) is 10.0 Å². The van der Waals surface area contributed by atoms with Crippen LogP contribution in [0.3, 0.4) is 0 Å². The van der Waals surface area contributed by atoms with Crippen molar-refractivity contribution in [2.24, 2.45) is 0 Å². The van der Waals surface area contributed by atoms with Crippen molar-refractivity contribution in [3.8, 4) is 0 Å². The molecule has 0 bridgehead atoms. The number of alkyl halides is 3. The summed E-state index contributed by atoms with van der Waals surface area (Å²) in [4.78, 5) is 22.4. The van der Waals surface area contributed by atoms with Gasteiger partial charge in [-0.3, -0.25) is 4.79 Å². The lowest BCUT2D eigenvalue weighted by atomic mass is 10.0. The first-order chi connectivity index (χ1) is 9.47. The second kappa shape index (κ2) is 6.11. The molecule has 1 amide bonds. The fourth-order valence-electron chi connectivity index (χ4n) is 1.40. The molecule has 0 aliphatic carbocycles. The average molecular weight is 344 g/mol. The monoisotopic (exact) mass is 343 g/mol. The summed E-state index contributed by atoms with van der Waals surface area (Å²) in [6.45, 7) is 0.377. The van der Waals surface area contributed by atoms with E-state index >= 15 is 0 Å². The van der Waals surface area contributed by atoms with Crippen molar-refractivity contribution >= 4 is 35.1 Å². The zero-order chi connectivity index (χ0) is 16.4. The highest BCUT2D eigenvalue weighted by molar-refractivity contribution is 6.42. The molecular formula is C12H10Cl2F3NO3. The van der Waals surface area contributed by atoms with Crippen LogP contribution in [0.1, 0.15) is 12.5 Å². The number of carboxylic acid groups (broad SMARTS) is 1. The molecule has 1 unspecified atom stereocenters. The van der Waals surface area contributed by atoms with Gasteiger partial charge >= 0.3 is 12.1 Å². The lowest BCUT2D eigenvalue weighted by molar-refractivity contribution is -0.206. The van der Waals surface area contributed by atoms with Crippen LogP contribution in [0.2, 0.25) is 10.0 Å². The fraction of sp³-hybridized carbons (Fsp3) is 0.333. The Balaban J connectivity index is 2.89. The lowest BCUT2D eigenvalue weighted by Crippen LogP contribution is -2.62. The number of carbonyl (C=O) groups is 2. The third kappa shape index (κ3) is 4.01. The molecule has 1 atom stereocenters. The Kier molecular flexibility index (Phi) is 5.11. The summed E-state index contributed by atoms with van der Waals surface area (Å²) in [5.41, 5.74) is -3.06. The molecule has 9 heteroatoms. The standard InChI is InChI=1S/C12H10Cl2F3NO3/c1-11(10(20)21,12(15,16)17)18-9(19)5-6-2-3-7(13)8(14)4-6/h2-4H,5H2,1H3,(H,18,19)(H,20,21). The summed E-state index contributed by atoms with van der Waals surface area (Å²) in [5, 5.41) is 10.5. The summed E-state index contributed by atoms with van der Waals surface area (Å²) in [5.74, 6) is -3.30. The zero-order valence-corrected chi connectivity index (χ0v) is 12.1. The van der Waals surface area contributed by atoms with Crippen LogP contribution in [0, 0.1) is 0 Å². The molecule has 1 rings (SSSR count). The topological polar surface area (TPSA) is 66.4 Å². The lowest BCUT2D eigenvalue weighted by Gasteiger charge is -2.28. The van der Waals surface area contributed by atoms with E-state index in [2.05, 4.69) is 0 Å². The van der Waals surface area contributed by atoms with Gasteiger partial charge in [0.15, 0.2) is 0 Å². The van der Waals surface area contributed by atoms with E-state index in [1.807, 2.05) is 0 Å². The molecule has 1 aromatic carbocycles. The first-order valence-corrected chi connectivity index (χ1v) is 6.28. The zero-order valence-electron chi connectivity index (χ0n) is 10.6. The smallest absolute Gasteiger partial charge is 0.422 e. The molecule has 0 heterocycles. The van der Waals surface area contributed by atoms with Crippen molar-refractivity contribution in [3.05, 3.63) is 33.8 Å². The minimum absolute atomic E-state index is 0.138. The molecule has 0 radical (unpaired) electrons. The molecule has 2 N–H and O–H groups in total. The third-order valence-corrected chi connectivity index (χ3v) is 3.47. The van der Waals surface area contributed by atoms with Gasteiger partial charge in [-0.25, -0.2) is 4.79 Å². The molecule has 116 valence electrons. The number of carbonyl (C=O) groups excluding carboxylic acids is 1. The molecule has 1 aromatic rings. The highest BCUT2D eigenvalue weighted by Crippen LogP contribution is 2.30. The first kappa shape index (κ1) is 17.6. The molecule has 0 aliphatic heterocycles. The van der Waals surface area contributed by atoms with Crippen molar-refractivity contribution < 1.29 is 27.9 Å². The Morgan fingerprint density at radius 2 is 1.81 bits per heavy atom. The van der Waals surface area contributed by atoms with Crippen LogP contribution >= 0.6 is 23.2 Å². The number of rotatable bonds is 4. The number of amides is 1. The molecule has 0 fully saturated rings. The molecule has 21 heavy (non-hydrogen) atoms. The molecule has 4 nitrogen and oxygen atoms in total. The maximum Gasteiger partial charge on any atom is 0.422 e. The summed E-state index contributed by atoms with van der Waals surface area (Å²) in [7, 11) is 0. The summed E-state index contributed by atoms with van der Waals surface area (Å²) in [6, 6.07) is 4.10. The van der Waals surface area contributed by atoms with Crippen molar-refractivity contribution in [1.29, 1.82) is 0 Å². The molecule has 0 spiro atoms. The summed E-state index contributed by atoms with van der Waals surface area (Å²) >= 11 is 11.4. The van der Waals surface area contributed by atoms with E-state index in [1.54, 1.807) is 0 Å². The minimum atomic E-state index is -5.13. The second-order valence-corrected chi connectivity index (χ2v) is 5.22. The number of hydrogen-bond acceptors (Lipinski definition) is 2. The van der Waals surface area contributed by atoms with Crippen LogP contribution in [-0.4, -0.2) is 28.7 Å². The highest BCUT2D eigenvalue weighted by Gasteiger charge is 2.58. The Hall–Kier alpha value is -1.47. The predicted molar refractivity (Wildman–Crippen MR) is 70.4 cm³/mol. The number of benzene rings is 1. The van der Waals surface area contributed by atoms with Crippen molar-refractivity contribution in [2.45, 2.75) is 25.1 Å². The van der Waals surface area contributed by atoms with Gasteiger partial charge in [0.1, 0.15) is 0 Å². The number of nitrogens with one attached hydrogen (secondary N) is 1. The highest BCUT2D eigenvalue weighted by atomic mass is 35.5. The Morgan fingerprint density at radius 1 is 1.24 bits per heavy atom. The molecule has 0 saturated heterocycles. The molecule has 0 saturated carbocycles. The molecule has 0 aromatic heterocycles. The van der Waals surface area contributed by atoms with Gasteiger partial charge in [0, 0.05) is 0 Å². The Bertz CT molecular complexity index is 577. The largest absolute Gasteiger partial charge is 0.479 e. The van der Waals surface area contributed by atoms with Gasteiger partial charge in [-0.2, -0.15) is 13.2 Å². The maximum absolute atomic E-state index is 12.7. The van der Waals surface area contributed by atoms with E-state index in [0.29, 0.717) is 12.5 Å². The normalized spacial score (nSPS) is 14.4.